The lowest BCUT2D eigenvalue weighted by Crippen LogP contribution is -1.99. The molecule has 0 spiro atoms. The molecule has 0 radical (unpaired) electrons. The number of para-hydroxylation sites is 5. The molecule has 2 aromatic heterocycles. The minimum atomic E-state index is 0.538. The number of benzene rings is 7. The average molecular weight is 611 g/mol. The Morgan fingerprint density at radius 3 is 1.54 bits per heavy atom. The van der Waals surface area contributed by atoms with Crippen LogP contribution in [0.5, 0.6) is 0 Å². The maximum absolute atomic E-state index is 10.6. The Morgan fingerprint density at radius 2 is 0.979 bits per heavy atom. The summed E-state index contributed by atoms with van der Waals surface area (Å²) < 4.78 is 4.52. The van der Waals surface area contributed by atoms with Crippen molar-refractivity contribution in [3.05, 3.63) is 175 Å². The summed E-state index contributed by atoms with van der Waals surface area (Å²) >= 11 is 0. The maximum atomic E-state index is 10.6. The van der Waals surface area contributed by atoms with Crippen LogP contribution in [0.25, 0.3) is 82.1 Å². The van der Waals surface area contributed by atoms with Crippen LogP contribution in [0.15, 0.2) is 158 Å². The highest BCUT2D eigenvalue weighted by Gasteiger charge is 2.21. The van der Waals surface area contributed by atoms with Crippen molar-refractivity contribution in [2.45, 2.75) is 0 Å². The van der Waals surface area contributed by atoms with E-state index in [0.29, 0.717) is 11.3 Å². The van der Waals surface area contributed by atoms with Crippen molar-refractivity contribution in [2.75, 3.05) is 0 Å². The van der Waals surface area contributed by atoms with E-state index in [1.54, 1.807) is 0 Å². The van der Waals surface area contributed by atoms with Crippen LogP contribution >= 0.6 is 0 Å². The molecule has 0 atom stereocenters. The lowest BCUT2D eigenvalue weighted by Gasteiger charge is -2.19. The highest BCUT2D eigenvalue weighted by molar-refractivity contribution is 6.11. The SMILES string of the molecule is [C-]#[N+]c1cccc(-c2ccc(-n3c4ccccc4c4ccccc43)cc2C#N)c1-c1ccccc1-n1c2ccccc2c2ccccc21. The van der Waals surface area contributed by atoms with Gasteiger partial charge >= 0.3 is 0 Å². The summed E-state index contributed by atoms with van der Waals surface area (Å²) in [4.78, 5) is 4.02. The van der Waals surface area contributed by atoms with Crippen molar-refractivity contribution < 1.29 is 0 Å². The van der Waals surface area contributed by atoms with Gasteiger partial charge in [-0.05, 0) is 64.7 Å². The molecule has 0 saturated carbocycles. The first-order valence-corrected chi connectivity index (χ1v) is 15.9. The molecule has 0 aliphatic carbocycles. The molecule has 9 aromatic rings. The number of nitrogens with zero attached hydrogens (tertiary/aromatic N) is 4. The van der Waals surface area contributed by atoms with Crippen LogP contribution in [-0.4, -0.2) is 9.13 Å². The van der Waals surface area contributed by atoms with E-state index in [-0.39, 0.29) is 0 Å². The first kappa shape index (κ1) is 27.4. The van der Waals surface area contributed by atoms with Gasteiger partial charge in [0.15, 0.2) is 5.69 Å². The summed E-state index contributed by atoms with van der Waals surface area (Å²) in [6, 6.07) is 56.3. The van der Waals surface area contributed by atoms with Gasteiger partial charge in [0.1, 0.15) is 0 Å². The second-order valence-electron chi connectivity index (χ2n) is 11.9. The molecule has 4 nitrogen and oxygen atoms in total. The second-order valence-corrected chi connectivity index (χ2v) is 11.9. The van der Waals surface area contributed by atoms with Gasteiger partial charge in [-0.15, -0.1) is 0 Å². The van der Waals surface area contributed by atoms with E-state index in [1.807, 2.05) is 54.6 Å². The van der Waals surface area contributed by atoms with Crippen molar-refractivity contribution in [3.8, 4) is 39.7 Å². The number of rotatable bonds is 4. The monoisotopic (exact) mass is 610 g/mol. The summed E-state index contributed by atoms with van der Waals surface area (Å²) in [5.74, 6) is 0. The summed E-state index contributed by atoms with van der Waals surface area (Å²) in [6.07, 6.45) is 0. The van der Waals surface area contributed by atoms with Crippen LogP contribution in [0.1, 0.15) is 5.56 Å². The summed E-state index contributed by atoms with van der Waals surface area (Å²) in [5.41, 5.74) is 10.7. The van der Waals surface area contributed by atoms with E-state index in [9.17, 15) is 5.26 Å². The molecule has 0 saturated heterocycles. The van der Waals surface area contributed by atoms with Crippen molar-refractivity contribution in [2.24, 2.45) is 0 Å². The Kier molecular flexibility index (Phi) is 6.22. The highest BCUT2D eigenvalue weighted by Crippen LogP contribution is 2.45. The second kappa shape index (κ2) is 10.9. The molecule has 4 heteroatoms. The zero-order valence-corrected chi connectivity index (χ0v) is 25.8. The van der Waals surface area contributed by atoms with Crippen molar-refractivity contribution >= 4 is 49.3 Å². The lowest BCUT2D eigenvalue weighted by atomic mass is 9.89. The van der Waals surface area contributed by atoms with Crippen LogP contribution < -0.4 is 0 Å². The fourth-order valence-corrected chi connectivity index (χ4v) is 7.40. The molecule has 2 heterocycles. The molecule has 0 aliphatic heterocycles. The van der Waals surface area contributed by atoms with E-state index in [2.05, 4.69) is 123 Å². The van der Waals surface area contributed by atoms with Crippen molar-refractivity contribution in [1.29, 1.82) is 5.26 Å². The fourth-order valence-electron chi connectivity index (χ4n) is 7.40. The molecule has 0 N–H and O–H groups in total. The third kappa shape index (κ3) is 4.01. The molecular weight excluding hydrogens is 585 g/mol. The van der Waals surface area contributed by atoms with Gasteiger partial charge in [-0.3, -0.25) is 0 Å². The molecule has 48 heavy (non-hydrogen) atoms. The highest BCUT2D eigenvalue weighted by atomic mass is 15.0. The summed E-state index contributed by atoms with van der Waals surface area (Å²) in [7, 11) is 0. The Labute approximate surface area is 277 Å². The third-order valence-corrected chi connectivity index (χ3v) is 9.41. The summed E-state index contributed by atoms with van der Waals surface area (Å²) in [5, 5.41) is 15.3. The molecule has 0 amide bonds. The van der Waals surface area contributed by atoms with E-state index in [0.717, 1.165) is 55.7 Å². The molecule has 222 valence electrons. The van der Waals surface area contributed by atoms with E-state index >= 15 is 0 Å². The van der Waals surface area contributed by atoms with Crippen molar-refractivity contribution in [3.63, 3.8) is 0 Å². The molecule has 0 bridgehead atoms. The fraction of sp³-hybridized carbons (Fsp3) is 0. The van der Waals surface area contributed by atoms with Crippen LogP contribution in [0.3, 0.4) is 0 Å². The Morgan fingerprint density at radius 1 is 0.479 bits per heavy atom. The van der Waals surface area contributed by atoms with Crippen molar-refractivity contribution in [1.82, 2.24) is 9.13 Å². The predicted molar refractivity (Wildman–Crippen MR) is 197 cm³/mol. The quantitative estimate of drug-likeness (QED) is 0.183. The third-order valence-electron chi connectivity index (χ3n) is 9.41. The predicted octanol–water partition coefficient (Wildman–Crippen LogP) is 11.6. The van der Waals surface area contributed by atoms with Gasteiger partial charge in [-0.25, -0.2) is 4.85 Å². The smallest absolute Gasteiger partial charge is 0.195 e. The molecule has 7 aromatic carbocycles. The minimum absolute atomic E-state index is 0.538. The lowest BCUT2D eigenvalue weighted by molar-refractivity contribution is 1.18. The zero-order chi connectivity index (χ0) is 32.2. The Hall–Kier alpha value is -6.88. The van der Waals surface area contributed by atoms with Gasteiger partial charge in [0, 0.05) is 27.2 Å². The number of nitriles is 1. The molecule has 9 rings (SSSR count). The van der Waals surface area contributed by atoms with E-state index in [1.165, 1.54) is 21.5 Å². The van der Waals surface area contributed by atoms with Gasteiger partial charge in [0.25, 0.3) is 0 Å². The van der Waals surface area contributed by atoms with Crippen LogP contribution in [0.4, 0.5) is 5.69 Å². The number of aromatic nitrogens is 2. The molecule has 0 fully saturated rings. The zero-order valence-electron chi connectivity index (χ0n) is 25.8. The molecular formula is C44H26N4. The first-order valence-electron chi connectivity index (χ1n) is 15.9. The topological polar surface area (TPSA) is 38.0 Å². The van der Waals surface area contributed by atoms with Crippen LogP contribution in [0.2, 0.25) is 0 Å². The maximum Gasteiger partial charge on any atom is 0.195 e. The van der Waals surface area contributed by atoms with Gasteiger partial charge in [0.05, 0.1) is 46.0 Å². The largest absolute Gasteiger partial charge is 0.309 e. The number of hydrogen-bond donors (Lipinski definition) is 0. The van der Waals surface area contributed by atoms with Crippen LogP contribution in [-0.2, 0) is 0 Å². The summed E-state index contributed by atoms with van der Waals surface area (Å²) in [6.45, 7) is 8.23. The Balaban J connectivity index is 1.29. The number of hydrogen-bond acceptors (Lipinski definition) is 1. The minimum Gasteiger partial charge on any atom is -0.309 e. The Bertz CT molecular complexity index is 2710. The average Bonchev–Trinajstić information content (AvgIpc) is 3.67. The number of fused-ring (bicyclic) bond motifs is 6. The first-order chi connectivity index (χ1) is 23.8. The van der Waals surface area contributed by atoms with Gasteiger partial charge in [-0.1, -0.05) is 115 Å². The normalized spacial score (nSPS) is 11.3. The van der Waals surface area contributed by atoms with E-state index in [4.69, 9.17) is 6.57 Å². The van der Waals surface area contributed by atoms with Gasteiger partial charge in [-0.2, -0.15) is 5.26 Å². The van der Waals surface area contributed by atoms with Gasteiger partial charge < -0.3 is 9.13 Å². The standard InChI is InChI=1S/C44H26N4/c1-46-38-19-12-18-36(31-26-25-30(27-29(31)28-45)47-39-20-7-2-13-32(39)33-14-3-8-21-40(33)47)44(38)37-17-6-11-24-43(37)48-41-22-9-4-15-34(41)35-16-5-10-23-42(35)48/h2-27H. The van der Waals surface area contributed by atoms with E-state index < -0.39 is 0 Å². The van der Waals surface area contributed by atoms with Crippen LogP contribution in [0, 0.1) is 17.9 Å². The van der Waals surface area contributed by atoms with Gasteiger partial charge in [0.2, 0.25) is 0 Å². The molecule has 0 aliphatic rings. The molecule has 0 unspecified atom stereocenters.